The van der Waals surface area contributed by atoms with E-state index in [2.05, 4.69) is 23.6 Å². The van der Waals surface area contributed by atoms with Crippen LogP contribution in [0, 0.1) is 6.92 Å². The van der Waals surface area contributed by atoms with Gasteiger partial charge in [-0.05, 0) is 32.6 Å². The van der Waals surface area contributed by atoms with Crippen LogP contribution in [-0.4, -0.2) is 34.4 Å². The third kappa shape index (κ3) is 4.19. The average molecular weight is 276 g/mol. The van der Waals surface area contributed by atoms with Crippen molar-refractivity contribution in [3.05, 3.63) is 16.4 Å². The predicted molar refractivity (Wildman–Crippen MR) is 77.1 cm³/mol. The van der Waals surface area contributed by atoms with Gasteiger partial charge in [0.15, 0.2) is 0 Å². The van der Waals surface area contributed by atoms with Crippen molar-refractivity contribution < 1.29 is 0 Å². The predicted octanol–water partition coefficient (Wildman–Crippen LogP) is 2.66. The lowest BCUT2D eigenvalue weighted by Gasteiger charge is -2.17. The van der Waals surface area contributed by atoms with Crippen molar-refractivity contribution in [1.82, 2.24) is 15.1 Å². The number of rotatable bonds is 7. The zero-order valence-corrected chi connectivity index (χ0v) is 12.7. The fourth-order valence-electron chi connectivity index (χ4n) is 1.89. The number of thioether (sulfide) groups is 1. The summed E-state index contributed by atoms with van der Waals surface area (Å²) in [6.07, 6.45) is 4.25. The number of hydrogen-bond acceptors (Lipinski definition) is 3. The van der Waals surface area contributed by atoms with E-state index < -0.39 is 0 Å². The first kappa shape index (κ1) is 14.9. The highest BCUT2D eigenvalue weighted by molar-refractivity contribution is 7.98. The number of nitrogens with zero attached hydrogens (tertiary/aromatic N) is 2. The Bertz CT molecular complexity index is 352. The van der Waals surface area contributed by atoms with E-state index in [1.54, 1.807) is 4.68 Å². The molecule has 0 amide bonds. The van der Waals surface area contributed by atoms with Gasteiger partial charge in [-0.3, -0.25) is 4.68 Å². The summed E-state index contributed by atoms with van der Waals surface area (Å²) >= 11 is 8.12. The monoisotopic (exact) mass is 275 g/mol. The van der Waals surface area contributed by atoms with Crippen LogP contribution in [0.3, 0.4) is 0 Å². The van der Waals surface area contributed by atoms with Gasteiger partial charge in [0.1, 0.15) is 5.15 Å². The Morgan fingerprint density at radius 2 is 2.24 bits per heavy atom. The number of halogens is 1. The Labute approximate surface area is 113 Å². The lowest BCUT2D eigenvalue weighted by Crippen LogP contribution is -2.34. The van der Waals surface area contributed by atoms with E-state index in [9.17, 15) is 0 Å². The molecular weight excluding hydrogens is 254 g/mol. The highest BCUT2D eigenvalue weighted by Crippen LogP contribution is 2.21. The summed E-state index contributed by atoms with van der Waals surface area (Å²) in [5.74, 6) is 1.10. The van der Waals surface area contributed by atoms with Gasteiger partial charge in [0.2, 0.25) is 0 Å². The molecule has 1 N–H and O–H groups in total. The molecule has 5 heteroatoms. The van der Waals surface area contributed by atoms with Crippen molar-refractivity contribution >= 4 is 23.4 Å². The van der Waals surface area contributed by atoms with Crippen LogP contribution >= 0.6 is 23.4 Å². The molecule has 0 aliphatic carbocycles. The maximum absolute atomic E-state index is 6.26. The molecular formula is C12H22ClN3S. The third-order valence-corrected chi connectivity index (χ3v) is 3.98. The van der Waals surface area contributed by atoms with Crippen LogP contribution in [0.4, 0.5) is 0 Å². The number of nitrogens with one attached hydrogen (secondary N) is 1. The molecule has 0 saturated carbocycles. The molecule has 1 aromatic heterocycles. The van der Waals surface area contributed by atoms with Crippen molar-refractivity contribution in [1.29, 1.82) is 0 Å². The molecule has 0 saturated heterocycles. The molecule has 17 heavy (non-hydrogen) atoms. The summed E-state index contributed by atoms with van der Waals surface area (Å²) in [5, 5.41) is 8.69. The Hall–Kier alpha value is -0.190. The van der Waals surface area contributed by atoms with E-state index in [1.165, 1.54) is 5.56 Å². The van der Waals surface area contributed by atoms with E-state index in [1.807, 2.05) is 25.7 Å². The second-order valence-electron chi connectivity index (χ2n) is 4.29. The smallest absolute Gasteiger partial charge is 0.130 e. The van der Waals surface area contributed by atoms with Crippen LogP contribution < -0.4 is 5.32 Å². The molecule has 1 atom stereocenters. The number of aryl methyl sites for hydroxylation is 2. The van der Waals surface area contributed by atoms with Crippen LogP contribution in [-0.2, 0) is 13.5 Å². The summed E-state index contributed by atoms with van der Waals surface area (Å²) in [4.78, 5) is 0. The molecule has 0 aromatic carbocycles. The second-order valence-corrected chi connectivity index (χ2v) is 5.56. The largest absolute Gasteiger partial charge is 0.313 e. The highest BCUT2D eigenvalue weighted by Gasteiger charge is 2.16. The maximum atomic E-state index is 6.26. The molecule has 0 bridgehead atoms. The van der Waals surface area contributed by atoms with Gasteiger partial charge in [-0.15, -0.1) is 0 Å². The molecule has 98 valence electrons. The third-order valence-electron chi connectivity index (χ3n) is 2.77. The SMILES string of the molecule is CCCNC(CSC)Cc1c(C)nn(C)c1Cl. The molecule has 3 nitrogen and oxygen atoms in total. The molecule has 1 unspecified atom stereocenters. The first-order valence-electron chi connectivity index (χ1n) is 6.00. The summed E-state index contributed by atoms with van der Waals surface area (Å²) in [5.41, 5.74) is 2.22. The van der Waals surface area contributed by atoms with Gasteiger partial charge in [0.25, 0.3) is 0 Å². The quantitative estimate of drug-likeness (QED) is 0.830. The summed E-state index contributed by atoms with van der Waals surface area (Å²) in [7, 11) is 1.89. The molecule has 1 rings (SSSR count). The fourth-order valence-corrected chi connectivity index (χ4v) is 2.78. The highest BCUT2D eigenvalue weighted by atomic mass is 35.5. The molecule has 0 aliphatic rings. The van der Waals surface area contributed by atoms with E-state index in [0.717, 1.165) is 36.0 Å². The Kier molecular flexibility index (Phi) is 6.38. The lowest BCUT2D eigenvalue weighted by molar-refractivity contribution is 0.549. The van der Waals surface area contributed by atoms with Gasteiger partial charge in [-0.1, -0.05) is 18.5 Å². The van der Waals surface area contributed by atoms with Gasteiger partial charge < -0.3 is 5.32 Å². The summed E-state index contributed by atoms with van der Waals surface area (Å²) < 4.78 is 1.75. The molecule has 0 radical (unpaired) electrons. The van der Waals surface area contributed by atoms with Crippen molar-refractivity contribution in [3.8, 4) is 0 Å². The lowest BCUT2D eigenvalue weighted by atomic mass is 10.1. The van der Waals surface area contributed by atoms with E-state index in [-0.39, 0.29) is 0 Å². The van der Waals surface area contributed by atoms with Crippen LogP contribution in [0.15, 0.2) is 0 Å². The number of hydrogen-bond donors (Lipinski definition) is 1. The molecule has 1 aromatic rings. The van der Waals surface area contributed by atoms with Crippen molar-refractivity contribution in [2.24, 2.45) is 7.05 Å². The summed E-state index contributed by atoms with van der Waals surface area (Å²) in [6.45, 7) is 5.27. The normalized spacial score (nSPS) is 13.0. The van der Waals surface area contributed by atoms with Crippen molar-refractivity contribution in [2.45, 2.75) is 32.7 Å². The zero-order chi connectivity index (χ0) is 12.8. The van der Waals surface area contributed by atoms with E-state index in [0.29, 0.717) is 6.04 Å². The van der Waals surface area contributed by atoms with Gasteiger partial charge >= 0.3 is 0 Å². The molecule has 0 spiro atoms. The number of aromatic nitrogens is 2. The van der Waals surface area contributed by atoms with Crippen molar-refractivity contribution in [3.63, 3.8) is 0 Å². The van der Waals surface area contributed by atoms with Gasteiger partial charge in [-0.2, -0.15) is 16.9 Å². The topological polar surface area (TPSA) is 29.9 Å². The van der Waals surface area contributed by atoms with Crippen LogP contribution in [0.2, 0.25) is 5.15 Å². The molecule has 0 aliphatic heterocycles. The first-order chi connectivity index (χ1) is 8.10. The average Bonchev–Trinajstić information content (AvgIpc) is 2.53. The molecule has 1 heterocycles. The summed E-state index contributed by atoms with van der Waals surface area (Å²) in [6, 6.07) is 0.477. The Balaban J connectivity index is 2.70. The second kappa shape index (κ2) is 7.29. The standard InChI is InChI=1S/C12H22ClN3S/c1-5-6-14-10(8-17-4)7-11-9(2)15-16(3)12(11)13/h10,14H,5-8H2,1-4H3. The van der Waals surface area contributed by atoms with Crippen LogP contribution in [0.25, 0.3) is 0 Å². The van der Waals surface area contributed by atoms with E-state index in [4.69, 9.17) is 11.6 Å². The van der Waals surface area contributed by atoms with Crippen LogP contribution in [0.1, 0.15) is 24.6 Å². The van der Waals surface area contributed by atoms with Gasteiger partial charge in [0, 0.05) is 24.4 Å². The van der Waals surface area contributed by atoms with E-state index >= 15 is 0 Å². The minimum atomic E-state index is 0.477. The minimum absolute atomic E-state index is 0.477. The van der Waals surface area contributed by atoms with Gasteiger partial charge in [0.05, 0.1) is 5.69 Å². The van der Waals surface area contributed by atoms with Crippen molar-refractivity contribution in [2.75, 3.05) is 18.6 Å². The zero-order valence-electron chi connectivity index (χ0n) is 11.1. The first-order valence-corrected chi connectivity index (χ1v) is 7.77. The fraction of sp³-hybridized carbons (Fsp3) is 0.750. The van der Waals surface area contributed by atoms with Gasteiger partial charge in [-0.25, -0.2) is 0 Å². The molecule has 0 fully saturated rings. The van der Waals surface area contributed by atoms with Crippen LogP contribution in [0.5, 0.6) is 0 Å². The Morgan fingerprint density at radius 1 is 1.53 bits per heavy atom. The maximum Gasteiger partial charge on any atom is 0.130 e. The minimum Gasteiger partial charge on any atom is -0.313 e. The Morgan fingerprint density at radius 3 is 2.71 bits per heavy atom.